The summed E-state index contributed by atoms with van der Waals surface area (Å²) >= 11 is 0. The van der Waals surface area contributed by atoms with Gasteiger partial charge in [0.15, 0.2) is 5.79 Å². The van der Waals surface area contributed by atoms with Crippen molar-refractivity contribution in [1.82, 2.24) is 0 Å². The average Bonchev–Trinajstić information content (AvgIpc) is 3.00. The molecule has 0 saturated carbocycles. The molecule has 0 spiro atoms. The van der Waals surface area contributed by atoms with Gasteiger partial charge in [-0.25, -0.2) is 14.4 Å². The van der Waals surface area contributed by atoms with Gasteiger partial charge in [-0.15, -0.1) is 0 Å². The Kier molecular flexibility index (Phi) is 7.26. The highest BCUT2D eigenvalue weighted by Gasteiger charge is 2.84. The molecule has 2 bridgehead atoms. The fourth-order valence-electron chi connectivity index (χ4n) is 4.83. The summed E-state index contributed by atoms with van der Waals surface area (Å²) in [6, 6.07) is 9.09. The number of aliphatic hydroxyl groups excluding tert-OH is 4. The van der Waals surface area contributed by atoms with E-state index in [2.05, 4.69) is 0 Å². The standard InChI is InChI=1S/C22H28O13/c1-10(9-11-5-3-2-4-6-11)13(24)12(23)7-8-20-14(25)15(26)22(35-20,19(31)32)21(33,18(29)30)16(34-20)17(27)28/h2-6,10,12-16,23-26,33H,7-9H2,1H3,(H,27,28)(H,29,30)(H,31,32). The number of aliphatic carboxylic acids is 3. The van der Waals surface area contributed by atoms with Crippen LogP contribution in [0.2, 0.25) is 0 Å². The lowest BCUT2D eigenvalue weighted by molar-refractivity contribution is -0.375. The van der Waals surface area contributed by atoms with Crippen molar-refractivity contribution >= 4 is 17.9 Å². The van der Waals surface area contributed by atoms with Crippen molar-refractivity contribution < 1.29 is 64.7 Å². The Labute approximate surface area is 198 Å². The molecule has 9 atom stereocenters. The van der Waals surface area contributed by atoms with Crippen LogP contribution in [-0.2, 0) is 30.3 Å². The van der Waals surface area contributed by atoms with Crippen LogP contribution in [0.15, 0.2) is 30.3 Å². The highest BCUT2D eigenvalue weighted by atomic mass is 16.8. The molecule has 13 nitrogen and oxygen atoms in total. The third-order valence-corrected chi connectivity index (χ3v) is 6.80. The highest BCUT2D eigenvalue weighted by molar-refractivity contribution is 5.97. The van der Waals surface area contributed by atoms with Crippen LogP contribution in [0.3, 0.4) is 0 Å². The molecule has 0 aromatic heterocycles. The zero-order valence-electron chi connectivity index (χ0n) is 18.6. The van der Waals surface area contributed by atoms with Crippen LogP contribution in [0, 0.1) is 5.92 Å². The highest BCUT2D eigenvalue weighted by Crippen LogP contribution is 2.54. The van der Waals surface area contributed by atoms with Crippen molar-refractivity contribution in [1.29, 1.82) is 0 Å². The first-order chi connectivity index (χ1) is 16.2. The number of rotatable bonds is 10. The Morgan fingerprint density at radius 2 is 1.60 bits per heavy atom. The van der Waals surface area contributed by atoms with Gasteiger partial charge in [0.1, 0.15) is 12.2 Å². The van der Waals surface area contributed by atoms with Crippen molar-refractivity contribution in [2.75, 3.05) is 0 Å². The molecule has 194 valence electrons. The third kappa shape index (κ3) is 4.08. The number of fused-ring (bicyclic) bond motifs is 2. The van der Waals surface area contributed by atoms with E-state index in [0.29, 0.717) is 6.42 Å². The second-order valence-electron chi connectivity index (χ2n) is 9.02. The maximum atomic E-state index is 12.1. The summed E-state index contributed by atoms with van der Waals surface area (Å²) in [5.41, 5.74) is -6.45. The van der Waals surface area contributed by atoms with Gasteiger partial charge in [0.2, 0.25) is 17.3 Å². The molecule has 2 aliphatic rings. The number of ether oxygens (including phenoxy) is 2. The van der Waals surface area contributed by atoms with Gasteiger partial charge < -0.3 is 50.3 Å². The van der Waals surface area contributed by atoms with Crippen LogP contribution in [0.5, 0.6) is 0 Å². The number of aliphatic hydroxyl groups is 5. The first-order valence-corrected chi connectivity index (χ1v) is 10.8. The van der Waals surface area contributed by atoms with Gasteiger partial charge in [0, 0.05) is 6.42 Å². The van der Waals surface area contributed by atoms with E-state index in [4.69, 9.17) is 9.47 Å². The summed E-state index contributed by atoms with van der Waals surface area (Å²) in [7, 11) is 0. The Hall–Kier alpha value is -2.65. The van der Waals surface area contributed by atoms with E-state index in [1.54, 1.807) is 19.1 Å². The average molecular weight is 500 g/mol. The summed E-state index contributed by atoms with van der Waals surface area (Å²) in [4.78, 5) is 35.7. The maximum Gasteiger partial charge on any atom is 0.343 e. The molecule has 2 saturated heterocycles. The van der Waals surface area contributed by atoms with Crippen molar-refractivity contribution in [3.05, 3.63) is 35.9 Å². The monoisotopic (exact) mass is 500 g/mol. The van der Waals surface area contributed by atoms with Crippen LogP contribution in [0.1, 0.15) is 25.3 Å². The first-order valence-electron chi connectivity index (χ1n) is 10.8. The van der Waals surface area contributed by atoms with Gasteiger partial charge in [-0.05, 0) is 24.3 Å². The van der Waals surface area contributed by atoms with Gasteiger partial charge in [-0.1, -0.05) is 37.3 Å². The lowest BCUT2D eigenvalue weighted by atomic mass is 9.74. The minimum Gasteiger partial charge on any atom is -0.479 e. The Morgan fingerprint density at radius 3 is 2.11 bits per heavy atom. The molecule has 0 amide bonds. The summed E-state index contributed by atoms with van der Waals surface area (Å²) in [5, 5.41) is 81.6. The second kappa shape index (κ2) is 9.43. The number of hydrogen-bond donors (Lipinski definition) is 8. The van der Waals surface area contributed by atoms with Crippen LogP contribution in [-0.4, -0.2) is 106 Å². The summed E-state index contributed by atoms with van der Waals surface area (Å²) in [6.07, 6.45) is -11.2. The quantitative estimate of drug-likeness (QED) is 0.173. The van der Waals surface area contributed by atoms with E-state index in [0.717, 1.165) is 5.56 Å². The molecule has 2 heterocycles. The number of benzene rings is 1. The largest absolute Gasteiger partial charge is 0.479 e. The molecule has 1 aromatic rings. The predicted octanol–water partition coefficient (Wildman–Crippen LogP) is -2.06. The van der Waals surface area contributed by atoms with E-state index >= 15 is 0 Å². The third-order valence-electron chi connectivity index (χ3n) is 6.80. The lowest BCUT2D eigenvalue weighted by Gasteiger charge is -2.48. The molecule has 1 aromatic carbocycles. The van der Waals surface area contributed by atoms with E-state index in [9.17, 15) is 55.2 Å². The number of carbonyl (C=O) groups is 3. The molecule has 8 N–H and O–H groups in total. The minimum atomic E-state index is -3.83. The number of carboxylic acids is 3. The Morgan fingerprint density at radius 1 is 1.00 bits per heavy atom. The van der Waals surface area contributed by atoms with Gasteiger partial charge in [0.05, 0.1) is 12.2 Å². The van der Waals surface area contributed by atoms with E-state index in [1.165, 1.54) is 0 Å². The van der Waals surface area contributed by atoms with Crippen LogP contribution < -0.4 is 0 Å². The predicted molar refractivity (Wildman–Crippen MR) is 112 cm³/mol. The van der Waals surface area contributed by atoms with Crippen molar-refractivity contribution in [2.24, 2.45) is 5.92 Å². The van der Waals surface area contributed by atoms with Crippen molar-refractivity contribution in [2.45, 2.75) is 73.7 Å². The SMILES string of the molecule is CC(Cc1ccccc1)C(O)C(O)CCC12OC(C(=O)O)C(O)(C(=O)O)C(C(=O)O)(O1)C(O)C2O. The molecule has 2 aliphatic heterocycles. The van der Waals surface area contributed by atoms with Gasteiger partial charge in [-0.3, -0.25) is 0 Å². The first kappa shape index (κ1) is 26.9. The fourth-order valence-corrected chi connectivity index (χ4v) is 4.83. The lowest BCUT2D eigenvalue weighted by Crippen LogP contribution is -2.77. The molecular weight excluding hydrogens is 472 g/mol. The molecule has 35 heavy (non-hydrogen) atoms. The number of hydrogen-bond acceptors (Lipinski definition) is 10. The van der Waals surface area contributed by atoms with Crippen LogP contribution in [0.4, 0.5) is 0 Å². The summed E-state index contributed by atoms with van der Waals surface area (Å²) < 4.78 is 10.3. The van der Waals surface area contributed by atoms with Gasteiger partial charge in [-0.2, -0.15) is 0 Å². The molecule has 0 radical (unpaired) electrons. The molecule has 13 heteroatoms. The molecule has 9 unspecified atom stereocenters. The zero-order valence-corrected chi connectivity index (χ0v) is 18.6. The van der Waals surface area contributed by atoms with Crippen molar-refractivity contribution in [3.8, 4) is 0 Å². The van der Waals surface area contributed by atoms with Gasteiger partial charge in [0.25, 0.3) is 0 Å². The molecule has 3 rings (SSSR count). The normalized spacial score (nSPS) is 36.8. The van der Waals surface area contributed by atoms with Crippen LogP contribution >= 0.6 is 0 Å². The number of carboxylic acid groups (broad SMARTS) is 3. The summed E-state index contributed by atoms with van der Waals surface area (Å²) in [6.45, 7) is 1.67. The Bertz CT molecular complexity index is 969. The molecule has 2 fully saturated rings. The van der Waals surface area contributed by atoms with E-state index in [-0.39, 0.29) is 0 Å². The maximum absolute atomic E-state index is 12.1. The van der Waals surface area contributed by atoms with Crippen LogP contribution in [0.25, 0.3) is 0 Å². The summed E-state index contributed by atoms with van der Waals surface area (Å²) in [5.74, 6) is -9.79. The minimum absolute atomic E-state index is 0.396. The smallest absolute Gasteiger partial charge is 0.343 e. The van der Waals surface area contributed by atoms with E-state index in [1.807, 2.05) is 18.2 Å². The zero-order chi connectivity index (χ0) is 26.3. The molecular formula is C22H28O13. The van der Waals surface area contributed by atoms with Crippen molar-refractivity contribution in [3.63, 3.8) is 0 Å². The topological polar surface area (TPSA) is 232 Å². The van der Waals surface area contributed by atoms with Gasteiger partial charge >= 0.3 is 17.9 Å². The van der Waals surface area contributed by atoms with E-state index < -0.39 is 84.2 Å². The Balaban J connectivity index is 1.86. The molecule has 0 aliphatic carbocycles. The fraction of sp³-hybridized carbons (Fsp3) is 0.591. The second-order valence-corrected chi connectivity index (χ2v) is 9.02.